The van der Waals surface area contributed by atoms with Crippen LogP contribution in [0.5, 0.6) is 0 Å². The van der Waals surface area contributed by atoms with Gasteiger partial charge in [-0.05, 0) is 91.5 Å². The number of aliphatic carboxylic acids is 1. The van der Waals surface area contributed by atoms with Gasteiger partial charge in [-0.2, -0.15) is 11.8 Å². The molecule has 3 aromatic rings. The third-order valence-corrected chi connectivity index (χ3v) is 9.53. The third-order valence-electron chi connectivity index (χ3n) is 7.61. The van der Waals surface area contributed by atoms with Gasteiger partial charge in [-0.25, -0.2) is 4.98 Å². The fourth-order valence-corrected chi connectivity index (χ4v) is 6.88. The van der Waals surface area contributed by atoms with Crippen molar-refractivity contribution in [1.29, 1.82) is 0 Å². The molecule has 4 rings (SSSR count). The van der Waals surface area contributed by atoms with E-state index in [9.17, 15) is 15.0 Å². The molecule has 1 aliphatic carbocycles. The fraction of sp³-hybridized carbons (Fsp3) is 0.314. The number of carboxylic acids is 1. The quantitative estimate of drug-likeness (QED) is 0.184. The molecule has 1 saturated carbocycles. The number of aromatic nitrogens is 1. The molecule has 0 amide bonds. The fourth-order valence-electron chi connectivity index (χ4n) is 5.14. The molecule has 41 heavy (non-hydrogen) atoms. The molecule has 4 nitrogen and oxygen atoms in total. The van der Waals surface area contributed by atoms with Crippen molar-refractivity contribution in [1.82, 2.24) is 4.98 Å². The maximum absolute atomic E-state index is 11.5. The van der Waals surface area contributed by atoms with Gasteiger partial charge in [0.15, 0.2) is 0 Å². The van der Waals surface area contributed by atoms with Gasteiger partial charge in [0.05, 0.1) is 23.2 Å². The van der Waals surface area contributed by atoms with Crippen LogP contribution in [0.1, 0.15) is 68.0 Å². The van der Waals surface area contributed by atoms with Gasteiger partial charge >= 0.3 is 5.97 Å². The average molecular weight is 588 g/mol. The van der Waals surface area contributed by atoms with Crippen LogP contribution in [0.25, 0.3) is 23.1 Å². The van der Waals surface area contributed by atoms with Crippen LogP contribution in [-0.2, 0) is 4.79 Å². The molecule has 1 aromatic heterocycles. The second kappa shape index (κ2) is 13.2. The van der Waals surface area contributed by atoms with E-state index in [1.165, 1.54) is 5.56 Å². The van der Waals surface area contributed by atoms with E-state index in [1.54, 1.807) is 19.9 Å². The van der Waals surface area contributed by atoms with E-state index in [2.05, 4.69) is 43.5 Å². The SMILES string of the molecule is C=C/C(CCC(SCC1(CC(=O)O)CC1)c1cccc(/C=C/c2ccc3ccc(Cl)cc3n2)c1)=C(\C=C)C(C)(C)O. The minimum atomic E-state index is -1.01. The van der Waals surface area contributed by atoms with Crippen LogP contribution < -0.4 is 0 Å². The largest absolute Gasteiger partial charge is 0.481 e. The number of hydrogen-bond acceptors (Lipinski definition) is 4. The van der Waals surface area contributed by atoms with Gasteiger partial charge in [-0.15, -0.1) is 0 Å². The van der Waals surface area contributed by atoms with Crippen molar-refractivity contribution >= 4 is 52.4 Å². The Morgan fingerprint density at radius 2 is 1.88 bits per heavy atom. The molecule has 1 heterocycles. The Kier molecular flexibility index (Phi) is 9.96. The zero-order valence-electron chi connectivity index (χ0n) is 23.8. The lowest BCUT2D eigenvalue weighted by Gasteiger charge is -2.24. The molecule has 0 bridgehead atoms. The number of nitrogens with zero attached hydrogens (tertiary/aromatic N) is 1. The van der Waals surface area contributed by atoms with Gasteiger partial charge in [0, 0.05) is 21.4 Å². The second-order valence-electron chi connectivity index (χ2n) is 11.4. The first-order valence-corrected chi connectivity index (χ1v) is 15.3. The lowest BCUT2D eigenvalue weighted by molar-refractivity contribution is -0.138. The Bertz CT molecular complexity index is 1500. The molecular weight excluding hydrogens is 550 g/mol. The molecule has 1 atom stereocenters. The molecule has 0 aliphatic heterocycles. The van der Waals surface area contributed by atoms with E-state index in [4.69, 9.17) is 16.6 Å². The van der Waals surface area contributed by atoms with Crippen LogP contribution in [0.2, 0.25) is 5.02 Å². The molecule has 0 saturated heterocycles. The predicted octanol–water partition coefficient (Wildman–Crippen LogP) is 9.31. The van der Waals surface area contributed by atoms with Gasteiger partial charge < -0.3 is 10.2 Å². The summed E-state index contributed by atoms with van der Waals surface area (Å²) < 4.78 is 0. The first-order chi connectivity index (χ1) is 19.5. The summed E-state index contributed by atoms with van der Waals surface area (Å²) in [5.41, 5.74) is 4.60. The monoisotopic (exact) mass is 587 g/mol. The van der Waals surface area contributed by atoms with E-state index in [0.29, 0.717) is 5.02 Å². The average Bonchev–Trinajstić information content (AvgIpc) is 3.68. The highest BCUT2D eigenvalue weighted by Gasteiger charge is 2.44. The summed E-state index contributed by atoms with van der Waals surface area (Å²) in [6, 6.07) is 18.2. The highest BCUT2D eigenvalue weighted by Crippen LogP contribution is 2.53. The Labute approximate surface area is 252 Å². The molecule has 1 fully saturated rings. The molecular formula is C35H38ClNO3S. The third kappa shape index (κ3) is 8.45. The number of benzene rings is 2. The van der Waals surface area contributed by atoms with Crippen molar-refractivity contribution in [2.24, 2.45) is 5.41 Å². The molecule has 0 spiro atoms. The first kappa shape index (κ1) is 30.8. The van der Waals surface area contributed by atoms with Crippen LogP contribution in [0.15, 0.2) is 91.1 Å². The summed E-state index contributed by atoms with van der Waals surface area (Å²) in [5, 5.41) is 22.0. The van der Waals surface area contributed by atoms with Gasteiger partial charge in [-0.1, -0.05) is 79.4 Å². The number of halogens is 1. The predicted molar refractivity (Wildman–Crippen MR) is 174 cm³/mol. The standard InChI is InChI=1S/C35H38ClNO3S/c1-5-25(30(6-2)34(3,4)40)13-17-32(41-23-35(18-19-35)22-33(38)39)27-9-7-8-24(20-27)10-15-29-16-12-26-11-14-28(36)21-31(26)37-29/h5-12,14-16,20-21,32,40H,1-2,13,17-19,22-23H2,3-4H3,(H,38,39)/b15-10+,30-25-. The molecule has 1 aliphatic rings. The molecule has 2 N–H and O–H groups in total. The summed E-state index contributed by atoms with van der Waals surface area (Å²) in [6.45, 7) is 11.4. The number of allylic oxidation sites excluding steroid dienone is 2. The number of fused-ring (bicyclic) bond motifs is 1. The molecule has 2 aromatic carbocycles. The lowest BCUT2D eigenvalue weighted by Crippen LogP contribution is -2.22. The maximum atomic E-state index is 11.5. The number of thioether (sulfide) groups is 1. The lowest BCUT2D eigenvalue weighted by atomic mass is 9.90. The van der Waals surface area contributed by atoms with Crippen molar-refractivity contribution < 1.29 is 15.0 Å². The molecule has 1 unspecified atom stereocenters. The summed E-state index contributed by atoms with van der Waals surface area (Å²) >= 11 is 7.99. The van der Waals surface area contributed by atoms with Crippen molar-refractivity contribution in [3.63, 3.8) is 0 Å². The van der Waals surface area contributed by atoms with Gasteiger partial charge in [0.1, 0.15) is 0 Å². The highest BCUT2D eigenvalue weighted by atomic mass is 35.5. The molecule has 214 valence electrons. The highest BCUT2D eigenvalue weighted by molar-refractivity contribution is 7.99. The second-order valence-corrected chi connectivity index (χ2v) is 13.0. The number of pyridine rings is 1. The van der Waals surface area contributed by atoms with E-state index in [0.717, 1.165) is 64.7 Å². The number of aliphatic hydroxyl groups is 1. The zero-order valence-corrected chi connectivity index (χ0v) is 25.3. The Morgan fingerprint density at radius 1 is 1.12 bits per heavy atom. The zero-order chi connectivity index (χ0) is 29.6. The van der Waals surface area contributed by atoms with Crippen molar-refractivity contribution in [3.8, 4) is 0 Å². The normalized spacial score (nSPS) is 15.9. The topological polar surface area (TPSA) is 70.4 Å². The minimum absolute atomic E-state index is 0.104. The smallest absolute Gasteiger partial charge is 0.303 e. The summed E-state index contributed by atoms with van der Waals surface area (Å²) in [6.07, 6.45) is 11.3. The Morgan fingerprint density at radius 3 is 2.54 bits per heavy atom. The number of hydrogen-bond donors (Lipinski definition) is 2. The number of carboxylic acid groups (broad SMARTS) is 1. The molecule has 6 heteroatoms. The Balaban J connectivity index is 1.58. The minimum Gasteiger partial charge on any atom is -0.481 e. The van der Waals surface area contributed by atoms with Crippen molar-refractivity contribution in [2.75, 3.05) is 5.75 Å². The van der Waals surface area contributed by atoms with E-state index in [-0.39, 0.29) is 17.1 Å². The van der Waals surface area contributed by atoms with Crippen LogP contribution in [0, 0.1) is 5.41 Å². The van der Waals surface area contributed by atoms with Gasteiger partial charge in [0.2, 0.25) is 0 Å². The van der Waals surface area contributed by atoms with Crippen LogP contribution in [-0.4, -0.2) is 32.5 Å². The summed E-state index contributed by atoms with van der Waals surface area (Å²) in [7, 11) is 0. The van der Waals surface area contributed by atoms with Gasteiger partial charge in [-0.3, -0.25) is 4.79 Å². The number of carbonyl (C=O) groups is 1. The first-order valence-electron chi connectivity index (χ1n) is 13.9. The Hall–Kier alpha value is -3.12. The van der Waals surface area contributed by atoms with Crippen LogP contribution in [0.4, 0.5) is 0 Å². The van der Waals surface area contributed by atoms with Gasteiger partial charge in [0.25, 0.3) is 0 Å². The van der Waals surface area contributed by atoms with Crippen molar-refractivity contribution in [2.45, 2.75) is 56.8 Å². The van der Waals surface area contributed by atoms with E-state index in [1.807, 2.05) is 54.2 Å². The van der Waals surface area contributed by atoms with E-state index < -0.39 is 11.6 Å². The van der Waals surface area contributed by atoms with Crippen molar-refractivity contribution in [3.05, 3.63) is 113 Å². The number of rotatable bonds is 14. The van der Waals surface area contributed by atoms with E-state index >= 15 is 0 Å². The summed E-state index contributed by atoms with van der Waals surface area (Å²) in [4.78, 5) is 16.2. The summed E-state index contributed by atoms with van der Waals surface area (Å²) in [5.74, 6) is 0.0784. The molecule has 0 radical (unpaired) electrons. The van der Waals surface area contributed by atoms with Crippen LogP contribution in [0.3, 0.4) is 0 Å². The maximum Gasteiger partial charge on any atom is 0.303 e. The van der Waals surface area contributed by atoms with Crippen LogP contribution >= 0.6 is 23.4 Å².